The zero-order valence-electron chi connectivity index (χ0n) is 13.8. The minimum Gasteiger partial charge on any atom is -0.358 e. The molecule has 0 radical (unpaired) electrons. The maximum absolute atomic E-state index is 12.6. The maximum atomic E-state index is 12.6. The van der Waals surface area contributed by atoms with Crippen LogP contribution in [0.4, 0.5) is 0 Å². The number of carbonyl (C=O) groups excluding carboxylic acids is 1. The van der Waals surface area contributed by atoms with Crippen molar-refractivity contribution in [2.75, 3.05) is 0 Å². The molecule has 1 unspecified atom stereocenters. The van der Waals surface area contributed by atoms with Gasteiger partial charge in [-0.25, -0.2) is 0 Å². The highest BCUT2D eigenvalue weighted by molar-refractivity contribution is 5.99. The summed E-state index contributed by atoms with van der Waals surface area (Å²) in [5, 5.41) is 4.26. The largest absolute Gasteiger partial charge is 0.358 e. The van der Waals surface area contributed by atoms with Gasteiger partial charge in [0.05, 0.1) is 6.04 Å². The number of fused-ring (bicyclic) bond motifs is 3. The standard InChI is InChI=1S/C20H21N3O/c1-13(15-5-4-10-21-12-15)22-20(24)14-8-9-19-17(11-14)16-6-2-3-7-18(16)23-19/h4-5,8-13,23H,2-3,6-7H2,1H3,(H,22,24). The molecule has 2 N–H and O–H groups in total. The second-order valence-electron chi connectivity index (χ2n) is 6.53. The molecule has 0 fully saturated rings. The summed E-state index contributed by atoms with van der Waals surface area (Å²) in [4.78, 5) is 20.2. The molecule has 0 bridgehead atoms. The second kappa shape index (κ2) is 6.11. The lowest BCUT2D eigenvalue weighted by Crippen LogP contribution is -2.26. The average molecular weight is 319 g/mol. The van der Waals surface area contributed by atoms with Gasteiger partial charge in [0.15, 0.2) is 0 Å². The lowest BCUT2D eigenvalue weighted by atomic mass is 9.95. The topological polar surface area (TPSA) is 57.8 Å². The summed E-state index contributed by atoms with van der Waals surface area (Å²) in [6.07, 6.45) is 8.22. The number of aromatic amines is 1. The van der Waals surface area contributed by atoms with Gasteiger partial charge in [-0.15, -0.1) is 0 Å². The Labute approximate surface area is 141 Å². The fourth-order valence-electron chi connectivity index (χ4n) is 3.54. The predicted octanol–water partition coefficient (Wildman–Crippen LogP) is 3.93. The van der Waals surface area contributed by atoms with Gasteiger partial charge in [0, 0.05) is 34.6 Å². The molecule has 1 aromatic carbocycles. The van der Waals surface area contributed by atoms with Gasteiger partial charge in [0.1, 0.15) is 0 Å². The minimum atomic E-state index is -0.0676. The monoisotopic (exact) mass is 319 g/mol. The van der Waals surface area contributed by atoms with Crippen LogP contribution in [0.25, 0.3) is 10.9 Å². The van der Waals surface area contributed by atoms with E-state index in [4.69, 9.17) is 0 Å². The SMILES string of the molecule is CC(NC(=O)c1ccc2[nH]c3c(c2c1)CCCC3)c1cccnc1. The molecule has 0 aliphatic heterocycles. The van der Waals surface area contributed by atoms with Crippen molar-refractivity contribution in [1.82, 2.24) is 15.3 Å². The van der Waals surface area contributed by atoms with E-state index >= 15 is 0 Å². The van der Waals surface area contributed by atoms with E-state index < -0.39 is 0 Å². The van der Waals surface area contributed by atoms with E-state index in [-0.39, 0.29) is 11.9 Å². The van der Waals surface area contributed by atoms with Gasteiger partial charge in [0.25, 0.3) is 5.91 Å². The van der Waals surface area contributed by atoms with E-state index in [0.717, 1.165) is 23.9 Å². The maximum Gasteiger partial charge on any atom is 0.251 e. The predicted molar refractivity (Wildman–Crippen MR) is 95.1 cm³/mol. The second-order valence-corrected chi connectivity index (χ2v) is 6.53. The summed E-state index contributed by atoms with van der Waals surface area (Å²) >= 11 is 0. The van der Waals surface area contributed by atoms with Crippen LogP contribution in [0.2, 0.25) is 0 Å². The first-order chi connectivity index (χ1) is 11.7. The van der Waals surface area contributed by atoms with E-state index in [1.54, 1.807) is 12.4 Å². The van der Waals surface area contributed by atoms with Crippen molar-refractivity contribution in [3.05, 3.63) is 65.1 Å². The van der Waals surface area contributed by atoms with Gasteiger partial charge < -0.3 is 10.3 Å². The van der Waals surface area contributed by atoms with Crippen molar-refractivity contribution in [1.29, 1.82) is 0 Å². The Kier molecular flexibility index (Phi) is 3.81. The Morgan fingerprint density at radius 2 is 2.12 bits per heavy atom. The third-order valence-corrected chi connectivity index (χ3v) is 4.89. The van der Waals surface area contributed by atoms with Crippen molar-refractivity contribution in [3.63, 3.8) is 0 Å². The van der Waals surface area contributed by atoms with Crippen molar-refractivity contribution in [3.8, 4) is 0 Å². The first-order valence-electron chi connectivity index (χ1n) is 8.56. The smallest absolute Gasteiger partial charge is 0.251 e. The number of pyridine rings is 1. The molecule has 2 heterocycles. The van der Waals surface area contributed by atoms with E-state index in [9.17, 15) is 4.79 Å². The number of H-pyrrole nitrogens is 1. The molecule has 122 valence electrons. The third-order valence-electron chi connectivity index (χ3n) is 4.89. The zero-order chi connectivity index (χ0) is 16.5. The van der Waals surface area contributed by atoms with Crippen LogP contribution in [0.3, 0.4) is 0 Å². The molecule has 2 aromatic heterocycles. The summed E-state index contributed by atoms with van der Waals surface area (Å²) in [5.74, 6) is -0.0426. The van der Waals surface area contributed by atoms with Crippen molar-refractivity contribution in [2.45, 2.75) is 38.6 Å². The van der Waals surface area contributed by atoms with Crippen molar-refractivity contribution >= 4 is 16.8 Å². The molecule has 0 spiro atoms. The van der Waals surface area contributed by atoms with Gasteiger partial charge in [-0.05, 0) is 68.0 Å². The molecule has 1 aliphatic rings. The molecule has 4 nitrogen and oxygen atoms in total. The molecule has 24 heavy (non-hydrogen) atoms. The van der Waals surface area contributed by atoms with Gasteiger partial charge in [-0.1, -0.05) is 6.07 Å². The molecule has 3 aromatic rings. The van der Waals surface area contributed by atoms with Gasteiger partial charge in [-0.2, -0.15) is 0 Å². The fourth-order valence-corrected chi connectivity index (χ4v) is 3.54. The summed E-state index contributed by atoms with van der Waals surface area (Å²) in [5.41, 5.74) is 5.60. The highest BCUT2D eigenvalue weighted by Crippen LogP contribution is 2.29. The number of benzene rings is 1. The zero-order valence-corrected chi connectivity index (χ0v) is 13.8. The molecular weight excluding hydrogens is 298 g/mol. The van der Waals surface area contributed by atoms with Gasteiger partial charge in [-0.3, -0.25) is 9.78 Å². The lowest BCUT2D eigenvalue weighted by Gasteiger charge is -2.14. The van der Waals surface area contributed by atoms with Crippen LogP contribution in [0.5, 0.6) is 0 Å². The number of aromatic nitrogens is 2. The molecule has 1 aliphatic carbocycles. The summed E-state index contributed by atoms with van der Waals surface area (Å²) in [7, 11) is 0. The minimum absolute atomic E-state index is 0.0426. The van der Waals surface area contributed by atoms with E-state index in [1.807, 2.05) is 37.3 Å². The summed E-state index contributed by atoms with van der Waals surface area (Å²) in [6, 6.07) is 9.75. The van der Waals surface area contributed by atoms with Crippen molar-refractivity contribution < 1.29 is 4.79 Å². The molecular formula is C20H21N3O. The van der Waals surface area contributed by atoms with Crippen LogP contribution >= 0.6 is 0 Å². The average Bonchev–Trinajstić information content (AvgIpc) is 3.00. The van der Waals surface area contributed by atoms with Crippen LogP contribution in [-0.4, -0.2) is 15.9 Å². The van der Waals surface area contributed by atoms with Crippen LogP contribution in [0.1, 0.15) is 53.0 Å². The first-order valence-corrected chi connectivity index (χ1v) is 8.56. The van der Waals surface area contributed by atoms with Gasteiger partial charge in [0.2, 0.25) is 0 Å². The Morgan fingerprint density at radius 1 is 1.25 bits per heavy atom. The molecule has 0 saturated heterocycles. The summed E-state index contributed by atoms with van der Waals surface area (Å²) < 4.78 is 0. The molecule has 0 saturated carbocycles. The van der Waals surface area contributed by atoms with E-state index in [0.29, 0.717) is 5.56 Å². The van der Waals surface area contributed by atoms with E-state index in [1.165, 1.54) is 29.5 Å². The molecule has 1 amide bonds. The highest BCUT2D eigenvalue weighted by Gasteiger charge is 2.17. The first kappa shape index (κ1) is 14.9. The fraction of sp³-hybridized carbons (Fsp3) is 0.300. The van der Waals surface area contributed by atoms with Crippen LogP contribution in [0, 0.1) is 0 Å². The Balaban J connectivity index is 1.60. The van der Waals surface area contributed by atoms with Crippen LogP contribution in [-0.2, 0) is 12.8 Å². The number of rotatable bonds is 3. The number of aryl methyl sites for hydroxylation is 2. The van der Waals surface area contributed by atoms with Crippen molar-refractivity contribution in [2.24, 2.45) is 0 Å². The summed E-state index contributed by atoms with van der Waals surface area (Å²) in [6.45, 7) is 1.98. The number of hydrogen-bond acceptors (Lipinski definition) is 2. The third kappa shape index (κ3) is 2.68. The Morgan fingerprint density at radius 3 is 2.96 bits per heavy atom. The number of amides is 1. The number of hydrogen-bond donors (Lipinski definition) is 2. The lowest BCUT2D eigenvalue weighted by molar-refractivity contribution is 0.0940. The van der Waals surface area contributed by atoms with Crippen LogP contribution < -0.4 is 5.32 Å². The molecule has 4 rings (SSSR count). The molecule has 1 atom stereocenters. The Bertz CT molecular complexity index is 883. The number of nitrogens with zero attached hydrogens (tertiary/aromatic N) is 1. The quantitative estimate of drug-likeness (QED) is 0.768. The number of carbonyl (C=O) groups is 1. The Hall–Kier alpha value is -2.62. The molecule has 4 heteroatoms. The number of nitrogens with one attached hydrogen (secondary N) is 2. The van der Waals surface area contributed by atoms with Crippen LogP contribution in [0.15, 0.2) is 42.7 Å². The highest BCUT2D eigenvalue weighted by atomic mass is 16.1. The normalized spacial score (nSPS) is 15.0. The van der Waals surface area contributed by atoms with E-state index in [2.05, 4.69) is 15.3 Å². The van der Waals surface area contributed by atoms with Gasteiger partial charge >= 0.3 is 0 Å².